The van der Waals surface area contributed by atoms with E-state index in [1.165, 1.54) is 0 Å². The number of para-hydroxylation sites is 1. The highest BCUT2D eigenvalue weighted by atomic mass is 16.2. The maximum Gasteiger partial charge on any atom is 0.256 e. The second-order valence-electron chi connectivity index (χ2n) is 9.10. The van der Waals surface area contributed by atoms with E-state index in [0.29, 0.717) is 36.1 Å². The van der Waals surface area contributed by atoms with Crippen LogP contribution in [0.25, 0.3) is 0 Å². The van der Waals surface area contributed by atoms with Crippen LogP contribution in [-0.2, 0) is 9.59 Å². The van der Waals surface area contributed by atoms with E-state index in [1.807, 2.05) is 24.0 Å². The van der Waals surface area contributed by atoms with Crippen LogP contribution in [0.2, 0.25) is 0 Å². The molecule has 0 saturated carbocycles. The molecule has 0 radical (unpaired) electrons. The molecule has 0 aromatic heterocycles. The lowest BCUT2D eigenvalue weighted by Crippen LogP contribution is -2.57. The molecule has 6 nitrogen and oxygen atoms in total. The number of fused-ring (bicyclic) bond motifs is 2. The van der Waals surface area contributed by atoms with Crippen molar-refractivity contribution in [3.05, 3.63) is 29.8 Å². The van der Waals surface area contributed by atoms with Gasteiger partial charge in [0, 0.05) is 19.6 Å². The maximum atomic E-state index is 13.6. The summed E-state index contributed by atoms with van der Waals surface area (Å²) in [6, 6.07) is 6.13. The van der Waals surface area contributed by atoms with Gasteiger partial charge in [0.05, 0.1) is 11.3 Å². The van der Waals surface area contributed by atoms with Gasteiger partial charge in [0.1, 0.15) is 12.1 Å². The Labute approximate surface area is 172 Å². The van der Waals surface area contributed by atoms with Crippen LogP contribution in [0.5, 0.6) is 0 Å². The molecule has 1 aromatic carbocycles. The van der Waals surface area contributed by atoms with Crippen molar-refractivity contribution >= 4 is 23.4 Å². The van der Waals surface area contributed by atoms with E-state index in [0.717, 1.165) is 32.4 Å². The Morgan fingerprint density at radius 1 is 1.07 bits per heavy atom. The summed E-state index contributed by atoms with van der Waals surface area (Å²) in [5.74, 6) is 0.668. The summed E-state index contributed by atoms with van der Waals surface area (Å²) < 4.78 is 0. The van der Waals surface area contributed by atoms with Crippen molar-refractivity contribution in [2.45, 2.75) is 58.5 Å². The van der Waals surface area contributed by atoms with Gasteiger partial charge in [0.15, 0.2) is 0 Å². The Morgan fingerprint density at radius 2 is 1.76 bits per heavy atom. The van der Waals surface area contributed by atoms with E-state index in [1.54, 1.807) is 21.9 Å². The van der Waals surface area contributed by atoms with Crippen LogP contribution < -0.4 is 4.90 Å². The smallest absolute Gasteiger partial charge is 0.256 e. The molecule has 4 atom stereocenters. The predicted octanol–water partition coefficient (Wildman–Crippen LogP) is 2.92. The third-order valence-electron chi connectivity index (χ3n) is 6.61. The van der Waals surface area contributed by atoms with Gasteiger partial charge in [-0.1, -0.05) is 26.0 Å². The maximum absolute atomic E-state index is 13.6. The number of carbonyl (C=O) groups excluding carboxylic acids is 3. The fourth-order valence-corrected chi connectivity index (χ4v) is 5.35. The Bertz CT molecular complexity index is 813. The molecule has 6 heteroatoms. The fraction of sp³-hybridized carbons (Fsp3) is 0.609. The number of amides is 3. The number of hydrogen-bond acceptors (Lipinski definition) is 3. The largest absolute Gasteiger partial charge is 0.340 e. The average molecular weight is 398 g/mol. The van der Waals surface area contributed by atoms with Gasteiger partial charge in [-0.3, -0.25) is 19.3 Å². The summed E-state index contributed by atoms with van der Waals surface area (Å²) in [6.07, 6.45) is 3.62. The summed E-state index contributed by atoms with van der Waals surface area (Å²) in [5.41, 5.74) is 1.08. The molecule has 3 aliphatic rings. The molecule has 29 heavy (non-hydrogen) atoms. The van der Waals surface area contributed by atoms with Crippen molar-refractivity contribution in [2.24, 2.45) is 11.8 Å². The van der Waals surface area contributed by atoms with Crippen LogP contribution in [-0.4, -0.2) is 59.2 Å². The predicted molar refractivity (Wildman–Crippen MR) is 112 cm³/mol. The summed E-state index contributed by atoms with van der Waals surface area (Å²) in [7, 11) is 0. The molecule has 2 saturated heterocycles. The van der Waals surface area contributed by atoms with E-state index in [9.17, 15) is 14.4 Å². The zero-order chi connectivity index (χ0) is 20.7. The van der Waals surface area contributed by atoms with Crippen molar-refractivity contribution in [1.82, 2.24) is 9.80 Å². The molecule has 4 rings (SSSR count). The highest BCUT2D eigenvalue weighted by Gasteiger charge is 2.44. The van der Waals surface area contributed by atoms with Crippen LogP contribution in [0.15, 0.2) is 24.3 Å². The van der Waals surface area contributed by atoms with Crippen LogP contribution >= 0.6 is 0 Å². The molecular formula is C23H31N3O3. The minimum Gasteiger partial charge on any atom is -0.340 e. The first kappa shape index (κ1) is 19.9. The summed E-state index contributed by atoms with van der Waals surface area (Å²) in [4.78, 5) is 45.5. The van der Waals surface area contributed by atoms with Crippen molar-refractivity contribution in [1.29, 1.82) is 0 Å². The number of carbonyl (C=O) groups is 3. The third kappa shape index (κ3) is 3.53. The van der Waals surface area contributed by atoms with Gasteiger partial charge in [0.2, 0.25) is 5.91 Å². The van der Waals surface area contributed by atoms with E-state index < -0.39 is 12.1 Å². The molecule has 0 unspecified atom stereocenters. The molecule has 0 aliphatic carbocycles. The first-order valence-electron chi connectivity index (χ1n) is 10.9. The number of benzene rings is 1. The average Bonchev–Trinajstić information content (AvgIpc) is 2.80. The summed E-state index contributed by atoms with van der Waals surface area (Å²) in [6.45, 7) is 8.21. The van der Waals surface area contributed by atoms with Crippen LogP contribution in [0, 0.1) is 11.8 Å². The monoisotopic (exact) mass is 397 g/mol. The van der Waals surface area contributed by atoms with Gasteiger partial charge < -0.3 is 9.80 Å². The van der Waals surface area contributed by atoms with Crippen molar-refractivity contribution in [3.8, 4) is 0 Å². The van der Waals surface area contributed by atoms with Gasteiger partial charge in [-0.2, -0.15) is 0 Å². The fourth-order valence-electron chi connectivity index (χ4n) is 5.35. The van der Waals surface area contributed by atoms with Crippen LogP contribution in [0.3, 0.4) is 0 Å². The third-order valence-corrected chi connectivity index (χ3v) is 6.61. The lowest BCUT2D eigenvalue weighted by Gasteiger charge is -2.40. The molecule has 3 amide bonds. The minimum absolute atomic E-state index is 0.0248. The lowest BCUT2D eigenvalue weighted by atomic mass is 9.91. The zero-order valence-corrected chi connectivity index (χ0v) is 17.6. The van der Waals surface area contributed by atoms with Gasteiger partial charge in [-0.15, -0.1) is 0 Å². The first-order valence-corrected chi connectivity index (χ1v) is 10.9. The van der Waals surface area contributed by atoms with E-state index in [-0.39, 0.29) is 17.7 Å². The molecule has 3 heterocycles. The normalized spacial score (nSPS) is 28.5. The lowest BCUT2D eigenvalue weighted by molar-refractivity contribution is -0.137. The number of rotatable bonds is 2. The number of anilines is 1. The minimum atomic E-state index is -0.629. The molecule has 0 bridgehead atoms. The molecule has 3 aliphatic heterocycles. The Balaban J connectivity index is 1.70. The Hall–Kier alpha value is -2.37. The van der Waals surface area contributed by atoms with E-state index in [4.69, 9.17) is 0 Å². The van der Waals surface area contributed by atoms with Crippen LogP contribution in [0.4, 0.5) is 5.69 Å². The Kier molecular flexibility index (Phi) is 5.36. The molecular weight excluding hydrogens is 366 g/mol. The van der Waals surface area contributed by atoms with Gasteiger partial charge >= 0.3 is 0 Å². The number of likely N-dealkylation sites (tertiary alicyclic amines) is 1. The molecule has 2 fully saturated rings. The second kappa shape index (κ2) is 7.81. The van der Waals surface area contributed by atoms with Gasteiger partial charge in [-0.25, -0.2) is 0 Å². The second-order valence-corrected chi connectivity index (χ2v) is 9.10. The molecule has 156 valence electrons. The SMILES string of the molecule is C[C@@H]1C[C@@H](C)CN(C(=O)[C@@H](C)N2C(=O)[C@@H]3CCCCN3C(=O)c3ccccc32)C1. The quantitative estimate of drug-likeness (QED) is 0.771. The number of nitrogens with zero attached hydrogens (tertiary/aromatic N) is 3. The Morgan fingerprint density at radius 3 is 2.48 bits per heavy atom. The highest BCUT2D eigenvalue weighted by Crippen LogP contribution is 2.34. The molecule has 0 N–H and O–H groups in total. The highest BCUT2D eigenvalue weighted by molar-refractivity contribution is 6.13. The summed E-state index contributed by atoms with van der Waals surface area (Å²) in [5, 5.41) is 0. The summed E-state index contributed by atoms with van der Waals surface area (Å²) >= 11 is 0. The van der Waals surface area contributed by atoms with Crippen LogP contribution in [0.1, 0.15) is 56.8 Å². The standard InChI is InChI=1S/C23H31N3O3/c1-15-12-16(2)14-24(13-15)21(27)17(3)26-19-9-5-4-8-18(19)22(28)25-11-7-6-10-20(25)23(26)29/h4-5,8-9,15-17,20H,6-7,10-14H2,1-3H3/t15-,16-,17-,20+/m1/s1. The van der Waals surface area contributed by atoms with Crippen molar-refractivity contribution in [2.75, 3.05) is 24.5 Å². The van der Waals surface area contributed by atoms with Crippen molar-refractivity contribution in [3.63, 3.8) is 0 Å². The molecule has 0 spiro atoms. The van der Waals surface area contributed by atoms with Gasteiger partial charge in [0.25, 0.3) is 11.8 Å². The van der Waals surface area contributed by atoms with Crippen molar-refractivity contribution < 1.29 is 14.4 Å². The topological polar surface area (TPSA) is 60.9 Å². The van der Waals surface area contributed by atoms with Gasteiger partial charge in [-0.05, 0) is 56.6 Å². The zero-order valence-electron chi connectivity index (χ0n) is 17.6. The van der Waals surface area contributed by atoms with E-state index >= 15 is 0 Å². The van der Waals surface area contributed by atoms with E-state index in [2.05, 4.69) is 13.8 Å². The molecule has 1 aromatic rings. The first-order chi connectivity index (χ1) is 13.9. The number of hydrogen-bond donors (Lipinski definition) is 0. The number of piperidine rings is 2.